The number of thiazole rings is 1. The van der Waals surface area contributed by atoms with Gasteiger partial charge in [0.05, 0.1) is 16.3 Å². The molecule has 5 heteroatoms. The quantitative estimate of drug-likeness (QED) is 0.799. The van der Waals surface area contributed by atoms with Gasteiger partial charge in [-0.15, -0.1) is 0 Å². The minimum atomic E-state index is -0.242. The summed E-state index contributed by atoms with van der Waals surface area (Å²) in [6.07, 6.45) is -0.242. The Morgan fingerprint density at radius 3 is 3.00 bits per heavy atom. The molecule has 1 aromatic heterocycles. The minimum absolute atomic E-state index is 0.235. The Balaban J connectivity index is 1.99. The molecule has 2 aromatic rings. The van der Waals surface area contributed by atoms with Crippen LogP contribution in [0.15, 0.2) is 18.2 Å². The summed E-state index contributed by atoms with van der Waals surface area (Å²) in [5.74, 6) is -0.235. The maximum Gasteiger partial charge on any atom is 0.186 e. The molecule has 1 aromatic carbocycles. The summed E-state index contributed by atoms with van der Waals surface area (Å²) in [6, 6.07) is 4.59. The van der Waals surface area contributed by atoms with Gasteiger partial charge >= 0.3 is 0 Å². The predicted octanol–water partition coefficient (Wildman–Crippen LogP) is 1.62. The number of hydrogen-bond donors (Lipinski definition) is 1. The third kappa shape index (κ3) is 1.48. The average molecular weight is 224 g/mol. The number of rotatable bonds is 1. The van der Waals surface area contributed by atoms with E-state index in [2.05, 4.69) is 4.98 Å². The number of β-amino-alcohol motifs (C(OH)–C–C–N with tert-alkyl or cyclic N) is 1. The number of aliphatic hydroxyl groups excluding tert-OH is 1. The van der Waals surface area contributed by atoms with Gasteiger partial charge in [0.1, 0.15) is 5.82 Å². The molecule has 15 heavy (non-hydrogen) atoms. The monoisotopic (exact) mass is 224 g/mol. The summed E-state index contributed by atoms with van der Waals surface area (Å²) in [4.78, 5) is 6.37. The Morgan fingerprint density at radius 2 is 2.27 bits per heavy atom. The minimum Gasteiger partial charge on any atom is -0.389 e. The smallest absolute Gasteiger partial charge is 0.186 e. The first kappa shape index (κ1) is 9.06. The lowest BCUT2D eigenvalue weighted by molar-refractivity contribution is 0.142. The topological polar surface area (TPSA) is 36.4 Å². The number of fused-ring (bicyclic) bond motifs is 1. The third-order valence-electron chi connectivity index (χ3n) is 2.47. The van der Waals surface area contributed by atoms with Crippen molar-refractivity contribution in [2.45, 2.75) is 6.10 Å². The van der Waals surface area contributed by atoms with Gasteiger partial charge in [0, 0.05) is 13.1 Å². The van der Waals surface area contributed by atoms with E-state index in [4.69, 9.17) is 0 Å². The Bertz CT molecular complexity index is 507. The number of hydrogen-bond acceptors (Lipinski definition) is 4. The highest BCUT2D eigenvalue weighted by atomic mass is 32.1. The number of anilines is 1. The van der Waals surface area contributed by atoms with Crippen LogP contribution in [0.3, 0.4) is 0 Å². The van der Waals surface area contributed by atoms with Gasteiger partial charge in [-0.2, -0.15) is 0 Å². The lowest BCUT2D eigenvalue weighted by Gasteiger charge is -2.35. The van der Waals surface area contributed by atoms with Crippen molar-refractivity contribution in [3.05, 3.63) is 24.0 Å². The first-order valence-electron chi connectivity index (χ1n) is 4.71. The molecule has 0 spiro atoms. The molecule has 78 valence electrons. The van der Waals surface area contributed by atoms with Crippen LogP contribution >= 0.6 is 11.3 Å². The molecule has 3 nitrogen and oxygen atoms in total. The van der Waals surface area contributed by atoms with Gasteiger partial charge in [-0.25, -0.2) is 9.37 Å². The molecule has 1 N–H and O–H groups in total. The van der Waals surface area contributed by atoms with E-state index in [0.717, 1.165) is 15.3 Å². The molecular formula is C10H9FN2OS. The number of halogens is 1. The third-order valence-corrected chi connectivity index (χ3v) is 3.55. The fourth-order valence-corrected chi connectivity index (χ4v) is 2.64. The van der Waals surface area contributed by atoms with Crippen LogP contribution in [-0.4, -0.2) is 29.3 Å². The van der Waals surface area contributed by atoms with Crippen LogP contribution < -0.4 is 4.90 Å². The summed E-state index contributed by atoms with van der Waals surface area (Å²) >= 11 is 1.46. The molecule has 0 radical (unpaired) electrons. The van der Waals surface area contributed by atoms with Crippen molar-refractivity contribution in [2.24, 2.45) is 0 Å². The van der Waals surface area contributed by atoms with E-state index in [9.17, 15) is 9.50 Å². The lowest BCUT2D eigenvalue weighted by Crippen LogP contribution is -2.50. The van der Waals surface area contributed by atoms with Gasteiger partial charge in [-0.1, -0.05) is 11.3 Å². The van der Waals surface area contributed by atoms with E-state index < -0.39 is 0 Å². The zero-order chi connectivity index (χ0) is 10.4. The molecule has 0 amide bonds. The normalized spacial score (nSPS) is 17.1. The molecule has 1 fully saturated rings. The number of benzene rings is 1. The molecule has 0 unspecified atom stereocenters. The molecule has 0 atom stereocenters. The van der Waals surface area contributed by atoms with Crippen LogP contribution in [0.2, 0.25) is 0 Å². The molecule has 0 bridgehead atoms. The maximum absolute atomic E-state index is 12.9. The van der Waals surface area contributed by atoms with Crippen LogP contribution in [0.25, 0.3) is 10.2 Å². The predicted molar refractivity (Wildman–Crippen MR) is 57.8 cm³/mol. The summed E-state index contributed by atoms with van der Waals surface area (Å²) in [5.41, 5.74) is 0.817. The van der Waals surface area contributed by atoms with Crippen molar-refractivity contribution in [1.82, 2.24) is 4.98 Å². The zero-order valence-electron chi connectivity index (χ0n) is 7.85. The van der Waals surface area contributed by atoms with Gasteiger partial charge in [0.2, 0.25) is 0 Å². The van der Waals surface area contributed by atoms with E-state index in [-0.39, 0.29) is 11.9 Å². The first-order chi connectivity index (χ1) is 7.22. The van der Waals surface area contributed by atoms with Crippen LogP contribution in [0, 0.1) is 5.82 Å². The Labute approximate surface area is 89.8 Å². The number of aromatic nitrogens is 1. The molecule has 0 saturated carbocycles. The largest absolute Gasteiger partial charge is 0.389 e. The van der Waals surface area contributed by atoms with Gasteiger partial charge in [0.15, 0.2) is 5.13 Å². The highest BCUT2D eigenvalue weighted by Crippen LogP contribution is 2.31. The van der Waals surface area contributed by atoms with Crippen LogP contribution in [-0.2, 0) is 0 Å². The van der Waals surface area contributed by atoms with Gasteiger partial charge < -0.3 is 10.0 Å². The van der Waals surface area contributed by atoms with Crippen molar-refractivity contribution >= 4 is 26.7 Å². The molecule has 2 heterocycles. The van der Waals surface area contributed by atoms with E-state index in [0.29, 0.717) is 13.1 Å². The molecule has 3 rings (SSSR count). The molecule has 1 aliphatic heterocycles. The van der Waals surface area contributed by atoms with Crippen molar-refractivity contribution in [1.29, 1.82) is 0 Å². The van der Waals surface area contributed by atoms with E-state index in [1.807, 2.05) is 4.90 Å². The van der Waals surface area contributed by atoms with E-state index in [1.165, 1.54) is 23.5 Å². The van der Waals surface area contributed by atoms with Crippen LogP contribution in [0.4, 0.5) is 9.52 Å². The highest BCUT2D eigenvalue weighted by Gasteiger charge is 2.26. The second-order valence-electron chi connectivity index (χ2n) is 3.67. The first-order valence-corrected chi connectivity index (χ1v) is 5.53. The SMILES string of the molecule is OC1CN(c2nc3ccc(F)cc3s2)C1. The fourth-order valence-electron chi connectivity index (χ4n) is 1.63. The zero-order valence-corrected chi connectivity index (χ0v) is 8.67. The maximum atomic E-state index is 12.9. The summed E-state index contributed by atoms with van der Waals surface area (Å²) < 4.78 is 13.8. The Hall–Kier alpha value is -1.20. The standard InChI is InChI=1S/C10H9FN2OS/c11-6-1-2-8-9(3-6)15-10(12-8)13-4-7(14)5-13/h1-3,7,14H,4-5H2. The van der Waals surface area contributed by atoms with Crippen LogP contribution in [0.1, 0.15) is 0 Å². The summed E-state index contributed by atoms with van der Waals surface area (Å²) in [5, 5.41) is 10.0. The van der Waals surface area contributed by atoms with Gasteiger partial charge in [0.25, 0.3) is 0 Å². The number of nitrogens with zero attached hydrogens (tertiary/aromatic N) is 2. The second-order valence-corrected chi connectivity index (χ2v) is 4.68. The van der Waals surface area contributed by atoms with Gasteiger partial charge in [-0.3, -0.25) is 0 Å². The molecule has 1 aliphatic rings. The van der Waals surface area contributed by atoms with Crippen molar-refractivity contribution in [2.75, 3.05) is 18.0 Å². The van der Waals surface area contributed by atoms with Crippen molar-refractivity contribution in [3.8, 4) is 0 Å². The van der Waals surface area contributed by atoms with Crippen molar-refractivity contribution in [3.63, 3.8) is 0 Å². The van der Waals surface area contributed by atoms with E-state index in [1.54, 1.807) is 6.07 Å². The second kappa shape index (κ2) is 3.15. The Morgan fingerprint density at radius 1 is 1.47 bits per heavy atom. The summed E-state index contributed by atoms with van der Waals surface area (Å²) in [7, 11) is 0. The average Bonchev–Trinajstić information content (AvgIpc) is 2.55. The van der Waals surface area contributed by atoms with Crippen LogP contribution in [0.5, 0.6) is 0 Å². The Kier molecular flexibility index (Phi) is 1.90. The molecule has 0 aliphatic carbocycles. The lowest BCUT2D eigenvalue weighted by atomic mass is 10.2. The van der Waals surface area contributed by atoms with E-state index >= 15 is 0 Å². The summed E-state index contributed by atoms with van der Waals surface area (Å²) in [6.45, 7) is 1.25. The fraction of sp³-hybridized carbons (Fsp3) is 0.300. The highest BCUT2D eigenvalue weighted by molar-refractivity contribution is 7.22. The molecular weight excluding hydrogens is 215 g/mol. The van der Waals surface area contributed by atoms with Gasteiger partial charge in [-0.05, 0) is 18.2 Å². The molecule has 1 saturated heterocycles. The number of aliphatic hydroxyl groups is 1. The van der Waals surface area contributed by atoms with Crippen molar-refractivity contribution < 1.29 is 9.50 Å².